The highest BCUT2D eigenvalue weighted by atomic mass is 35.5. The van der Waals surface area contributed by atoms with Gasteiger partial charge in [-0.2, -0.15) is 4.31 Å². The summed E-state index contributed by atoms with van der Waals surface area (Å²) < 4.78 is 32.9. The number of nitrogens with one attached hydrogen (secondary N) is 1. The van der Waals surface area contributed by atoms with Gasteiger partial charge in [0.1, 0.15) is 5.75 Å². The number of rotatable bonds is 3. The molecule has 3 aliphatic heterocycles. The summed E-state index contributed by atoms with van der Waals surface area (Å²) >= 11 is 0. The zero-order chi connectivity index (χ0) is 15.3. The Morgan fingerprint density at radius 3 is 2.61 bits per heavy atom. The van der Waals surface area contributed by atoms with E-state index in [1.54, 1.807) is 29.6 Å². The van der Waals surface area contributed by atoms with E-state index in [4.69, 9.17) is 4.74 Å². The second-order valence-corrected chi connectivity index (χ2v) is 8.65. The highest BCUT2D eigenvalue weighted by Gasteiger charge is 2.39. The van der Waals surface area contributed by atoms with Crippen molar-refractivity contribution >= 4 is 22.4 Å². The fourth-order valence-corrected chi connectivity index (χ4v) is 5.44. The van der Waals surface area contributed by atoms with E-state index in [0.717, 1.165) is 30.6 Å². The molecule has 0 saturated carbocycles. The van der Waals surface area contributed by atoms with Crippen molar-refractivity contribution in [3.63, 3.8) is 0 Å². The molecule has 0 aliphatic carbocycles. The molecule has 3 aliphatic rings. The zero-order valence-electron chi connectivity index (χ0n) is 13.2. The number of sulfonamides is 1. The normalized spacial score (nSPS) is 29.0. The molecule has 0 radical (unpaired) electrons. The first-order valence-electron chi connectivity index (χ1n) is 8.04. The van der Waals surface area contributed by atoms with Crippen LogP contribution >= 0.6 is 12.4 Å². The van der Waals surface area contributed by atoms with Crippen molar-refractivity contribution in [1.29, 1.82) is 0 Å². The van der Waals surface area contributed by atoms with E-state index in [1.165, 1.54) is 12.8 Å². The second-order valence-electron chi connectivity index (χ2n) is 6.65. The third kappa shape index (κ3) is 2.97. The first-order valence-corrected chi connectivity index (χ1v) is 9.48. The van der Waals surface area contributed by atoms with Crippen LogP contribution in [0.5, 0.6) is 5.75 Å². The average Bonchev–Trinajstić information content (AvgIpc) is 3.11. The number of nitrogens with zero attached hydrogens (tertiary/aromatic N) is 1. The van der Waals surface area contributed by atoms with Crippen molar-refractivity contribution in [1.82, 2.24) is 9.62 Å². The van der Waals surface area contributed by atoms with Crippen LogP contribution in [0.2, 0.25) is 0 Å². The lowest BCUT2D eigenvalue weighted by Crippen LogP contribution is -2.48. The molecule has 0 aromatic heterocycles. The molecule has 7 heteroatoms. The minimum absolute atomic E-state index is 0. The van der Waals surface area contributed by atoms with Crippen LogP contribution in [0.3, 0.4) is 0 Å². The van der Waals surface area contributed by atoms with Crippen molar-refractivity contribution in [3.8, 4) is 5.75 Å². The number of piperidine rings is 1. The van der Waals surface area contributed by atoms with E-state index in [1.807, 2.05) is 0 Å². The number of benzene rings is 1. The lowest BCUT2D eigenvalue weighted by molar-refractivity contribution is 0.251. The quantitative estimate of drug-likeness (QED) is 0.897. The van der Waals surface area contributed by atoms with Gasteiger partial charge in [0.25, 0.3) is 0 Å². The minimum Gasteiger partial charge on any atom is -0.493 e. The van der Waals surface area contributed by atoms with Crippen LogP contribution in [-0.4, -0.2) is 44.5 Å². The largest absolute Gasteiger partial charge is 0.493 e. The molecule has 5 nitrogen and oxygen atoms in total. The molecule has 23 heavy (non-hydrogen) atoms. The fourth-order valence-electron chi connectivity index (χ4n) is 4.01. The summed E-state index contributed by atoms with van der Waals surface area (Å²) in [7, 11) is -1.70. The van der Waals surface area contributed by atoms with Gasteiger partial charge in [0.05, 0.1) is 11.5 Å². The molecule has 128 valence electrons. The molecule has 3 heterocycles. The molecule has 2 fully saturated rings. The van der Waals surface area contributed by atoms with Crippen LogP contribution in [0, 0.1) is 0 Å². The molecule has 2 unspecified atom stereocenters. The molecular formula is C16H23ClN2O3S. The van der Waals surface area contributed by atoms with Gasteiger partial charge in [0, 0.05) is 31.6 Å². The number of hydrogen-bond donors (Lipinski definition) is 1. The summed E-state index contributed by atoms with van der Waals surface area (Å²) in [4.78, 5) is 0.394. The van der Waals surface area contributed by atoms with E-state index < -0.39 is 10.0 Å². The van der Waals surface area contributed by atoms with Crippen molar-refractivity contribution < 1.29 is 13.2 Å². The molecule has 4 rings (SSSR count). The molecule has 2 saturated heterocycles. The Kier molecular flexibility index (Phi) is 4.62. The molecule has 2 bridgehead atoms. The van der Waals surface area contributed by atoms with Gasteiger partial charge in [-0.15, -0.1) is 12.4 Å². The van der Waals surface area contributed by atoms with Gasteiger partial charge in [-0.3, -0.25) is 0 Å². The standard InChI is InChI=1S/C16H22N2O3S.ClH/c1-18(14-9-12-2-3-13(10-14)17-12)22(19,20)15-4-5-16-11(8-15)6-7-21-16;/h4-5,8,12-14,17H,2-3,6-7,9-10H2,1H3;1H. The topological polar surface area (TPSA) is 58.6 Å². The maximum Gasteiger partial charge on any atom is 0.243 e. The Bertz CT molecular complexity index is 683. The molecular weight excluding hydrogens is 336 g/mol. The molecule has 0 spiro atoms. The Morgan fingerprint density at radius 1 is 1.22 bits per heavy atom. The van der Waals surface area contributed by atoms with Crippen LogP contribution in [0.1, 0.15) is 31.2 Å². The Morgan fingerprint density at radius 2 is 1.91 bits per heavy atom. The van der Waals surface area contributed by atoms with E-state index in [0.29, 0.717) is 23.6 Å². The third-order valence-corrected chi connectivity index (χ3v) is 7.21. The number of halogens is 1. The highest BCUT2D eigenvalue weighted by Crippen LogP contribution is 2.33. The van der Waals surface area contributed by atoms with Crippen molar-refractivity contribution in [2.75, 3.05) is 13.7 Å². The third-order valence-electron chi connectivity index (χ3n) is 5.30. The molecule has 1 N–H and O–H groups in total. The van der Waals surface area contributed by atoms with Gasteiger partial charge in [-0.1, -0.05) is 0 Å². The summed E-state index contributed by atoms with van der Waals surface area (Å²) in [6, 6.07) is 6.31. The highest BCUT2D eigenvalue weighted by molar-refractivity contribution is 7.89. The lowest BCUT2D eigenvalue weighted by Gasteiger charge is -2.34. The predicted molar refractivity (Wildman–Crippen MR) is 90.8 cm³/mol. The molecule has 1 aromatic carbocycles. The maximum atomic E-state index is 12.9. The van der Waals surface area contributed by atoms with Crippen LogP contribution in [-0.2, 0) is 16.4 Å². The van der Waals surface area contributed by atoms with Crippen molar-refractivity contribution in [2.45, 2.75) is 55.1 Å². The van der Waals surface area contributed by atoms with Crippen LogP contribution in [0.25, 0.3) is 0 Å². The van der Waals surface area contributed by atoms with Gasteiger partial charge >= 0.3 is 0 Å². The SMILES string of the molecule is CN(C1CC2CCC(C1)N2)S(=O)(=O)c1ccc2c(c1)CCO2.Cl. The first kappa shape index (κ1) is 17.0. The smallest absolute Gasteiger partial charge is 0.243 e. The van der Waals surface area contributed by atoms with Crippen LogP contribution < -0.4 is 10.1 Å². The monoisotopic (exact) mass is 358 g/mol. The van der Waals surface area contributed by atoms with Crippen LogP contribution in [0.15, 0.2) is 23.1 Å². The number of ether oxygens (including phenoxy) is 1. The summed E-state index contributed by atoms with van der Waals surface area (Å²) in [6.07, 6.45) is 4.97. The van der Waals surface area contributed by atoms with Crippen molar-refractivity contribution in [2.24, 2.45) is 0 Å². The summed E-state index contributed by atoms with van der Waals surface area (Å²) in [5.74, 6) is 0.821. The van der Waals surface area contributed by atoms with E-state index in [2.05, 4.69) is 5.32 Å². The Labute approximate surface area is 143 Å². The summed E-state index contributed by atoms with van der Waals surface area (Å²) in [6.45, 7) is 0.645. The lowest BCUT2D eigenvalue weighted by atomic mass is 10.0. The van der Waals surface area contributed by atoms with E-state index in [9.17, 15) is 8.42 Å². The first-order chi connectivity index (χ1) is 10.5. The van der Waals surface area contributed by atoms with E-state index >= 15 is 0 Å². The zero-order valence-corrected chi connectivity index (χ0v) is 14.8. The van der Waals surface area contributed by atoms with Gasteiger partial charge < -0.3 is 10.1 Å². The van der Waals surface area contributed by atoms with Crippen LogP contribution in [0.4, 0.5) is 0 Å². The molecule has 0 amide bonds. The number of hydrogen-bond acceptors (Lipinski definition) is 4. The second kappa shape index (κ2) is 6.24. The fraction of sp³-hybridized carbons (Fsp3) is 0.625. The average molecular weight is 359 g/mol. The Balaban J connectivity index is 0.00000156. The predicted octanol–water partition coefficient (Wildman–Crippen LogP) is 1.95. The summed E-state index contributed by atoms with van der Waals surface area (Å²) in [5, 5.41) is 3.56. The minimum atomic E-state index is -3.43. The summed E-state index contributed by atoms with van der Waals surface area (Å²) in [5.41, 5.74) is 1.000. The van der Waals surface area contributed by atoms with E-state index in [-0.39, 0.29) is 18.4 Å². The van der Waals surface area contributed by atoms with Gasteiger partial charge in [-0.25, -0.2) is 8.42 Å². The van der Waals surface area contributed by atoms with Gasteiger partial charge in [0.15, 0.2) is 0 Å². The molecule has 2 atom stereocenters. The van der Waals surface area contributed by atoms with Gasteiger partial charge in [-0.05, 0) is 49.4 Å². The maximum absolute atomic E-state index is 12.9. The van der Waals surface area contributed by atoms with Gasteiger partial charge in [0.2, 0.25) is 10.0 Å². The van der Waals surface area contributed by atoms with Crippen molar-refractivity contribution in [3.05, 3.63) is 23.8 Å². The number of fused-ring (bicyclic) bond motifs is 3. The Hall–Kier alpha value is -0.820. The molecule has 1 aromatic rings.